The normalized spacial score (nSPS) is 17.6. The van der Waals surface area contributed by atoms with Crippen LogP contribution in [0.25, 0.3) is 22.7 Å². The zero-order chi connectivity index (χ0) is 23.9. The largest absolute Gasteiger partial charge is 0.496 e. The summed E-state index contributed by atoms with van der Waals surface area (Å²) in [5.41, 5.74) is 1.07. The maximum absolute atomic E-state index is 14.2. The second-order valence-corrected chi connectivity index (χ2v) is 8.15. The maximum atomic E-state index is 14.2. The quantitative estimate of drug-likeness (QED) is 0.385. The predicted molar refractivity (Wildman–Crippen MR) is 120 cm³/mol. The van der Waals surface area contributed by atoms with Crippen molar-refractivity contribution in [1.82, 2.24) is 19.7 Å². The van der Waals surface area contributed by atoms with Crippen molar-refractivity contribution < 1.29 is 22.7 Å². The zero-order valence-electron chi connectivity index (χ0n) is 19.1. The Kier molecular flexibility index (Phi) is 5.65. The summed E-state index contributed by atoms with van der Waals surface area (Å²) in [5.74, 6) is 1.17. The highest BCUT2D eigenvalue weighted by Gasteiger charge is 2.43. The molecular formula is C25H24F2N4O3. The van der Waals surface area contributed by atoms with E-state index >= 15 is 0 Å². The van der Waals surface area contributed by atoms with Gasteiger partial charge in [0.1, 0.15) is 5.75 Å². The lowest BCUT2D eigenvalue weighted by Crippen LogP contribution is -2.38. The topological polar surface area (TPSA) is 75.2 Å². The molecule has 1 aliphatic rings. The second kappa shape index (κ2) is 8.64. The standard InChI is InChI=1S/C25H24F2N4O3/c1-4-33-25(17-7-9-19(26)20(27)13-17)10-5-11-31-23(29-30-24(25)31)16-6-8-18(21(12-16)32-3)22-14-28-15(2)34-22/h6-9,12-14H,4-5,10-11H2,1-3H3. The summed E-state index contributed by atoms with van der Waals surface area (Å²) in [4.78, 5) is 4.16. The third kappa shape index (κ3) is 3.56. The van der Waals surface area contributed by atoms with E-state index in [1.54, 1.807) is 26.3 Å². The third-order valence-electron chi connectivity index (χ3n) is 6.15. The third-order valence-corrected chi connectivity index (χ3v) is 6.15. The van der Waals surface area contributed by atoms with Crippen LogP contribution < -0.4 is 4.74 Å². The molecule has 9 heteroatoms. The molecular weight excluding hydrogens is 442 g/mol. The Morgan fingerprint density at radius 2 is 1.97 bits per heavy atom. The van der Waals surface area contributed by atoms with Crippen LogP contribution in [-0.4, -0.2) is 33.5 Å². The molecule has 176 valence electrons. The van der Waals surface area contributed by atoms with Gasteiger partial charge >= 0.3 is 0 Å². The maximum Gasteiger partial charge on any atom is 0.191 e. The zero-order valence-corrected chi connectivity index (χ0v) is 19.1. The molecule has 0 N–H and O–H groups in total. The lowest BCUT2D eigenvalue weighted by molar-refractivity contribution is -0.0370. The van der Waals surface area contributed by atoms with E-state index in [1.165, 1.54) is 6.07 Å². The summed E-state index contributed by atoms with van der Waals surface area (Å²) in [6.07, 6.45) is 2.99. The van der Waals surface area contributed by atoms with E-state index in [2.05, 4.69) is 15.2 Å². The molecule has 0 bridgehead atoms. The predicted octanol–water partition coefficient (Wildman–Crippen LogP) is 5.27. The lowest BCUT2D eigenvalue weighted by Gasteiger charge is -2.37. The van der Waals surface area contributed by atoms with Crippen LogP contribution in [0.1, 0.15) is 37.0 Å². The highest BCUT2D eigenvalue weighted by Crippen LogP contribution is 2.43. The molecule has 0 spiro atoms. The minimum absolute atomic E-state index is 0.375. The van der Waals surface area contributed by atoms with Gasteiger partial charge < -0.3 is 18.5 Å². The number of aryl methyl sites for hydroxylation is 1. The number of nitrogens with zero attached hydrogens (tertiary/aromatic N) is 4. The van der Waals surface area contributed by atoms with Crippen molar-refractivity contribution in [1.29, 1.82) is 0 Å². The molecule has 2 aromatic carbocycles. The number of benzene rings is 2. The Labute approximate surface area is 195 Å². The average molecular weight is 466 g/mol. The van der Waals surface area contributed by atoms with Gasteiger partial charge in [0.2, 0.25) is 0 Å². The Morgan fingerprint density at radius 3 is 2.68 bits per heavy atom. The first kappa shape index (κ1) is 22.2. The van der Waals surface area contributed by atoms with Crippen molar-refractivity contribution in [2.45, 2.75) is 38.8 Å². The summed E-state index contributed by atoms with van der Waals surface area (Å²) in [6, 6.07) is 9.54. The van der Waals surface area contributed by atoms with E-state index in [9.17, 15) is 8.78 Å². The highest BCUT2D eigenvalue weighted by atomic mass is 19.2. The summed E-state index contributed by atoms with van der Waals surface area (Å²) < 4.78 is 47.3. The smallest absolute Gasteiger partial charge is 0.191 e. The van der Waals surface area contributed by atoms with Crippen molar-refractivity contribution >= 4 is 0 Å². The van der Waals surface area contributed by atoms with Gasteiger partial charge in [-0.25, -0.2) is 13.8 Å². The number of hydrogen-bond donors (Lipinski definition) is 0. The monoisotopic (exact) mass is 466 g/mol. The lowest BCUT2D eigenvalue weighted by atomic mass is 9.85. The molecule has 0 saturated carbocycles. The average Bonchev–Trinajstić information content (AvgIpc) is 3.47. The van der Waals surface area contributed by atoms with Gasteiger partial charge in [0.05, 0.1) is 18.9 Å². The highest BCUT2D eigenvalue weighted by molar-refractivity contribution is 5.71. The van der Waals surface area contributed by atoms with Gasteiger partial charge in [-0.2, -0.15) is 0 Å². The van der Waals surface area contributed by atoms with Gasteiger partial charge in [-0.15, -0.1) is 10.2 Å². The summed E-state index contributed by atoms with van der Waals surface area (Å²) in [7, 11) is 1.59. The van der Waals surface area contributed by atoms with Crippen molar-refractivity contribution in [3.63, 3.8) is 0 Å². The first-order chi connectivity index (χ1) is 16.5. The molecule has 34 heavy (non-hydrogen) atoms. The number of oxazole rings is 1. The number of fused-ring (bicyclic) bond motifs is 1. The minimum Gasteiger partial charge on any atom is -0.496 e. The number of halogens is 2. The van der Waals surface area contributed by atoms with E-state index in [4.69, 9.17) is 13.9 Å². The molecule has 3 heterocycles. The molecule has 0 radical (unpaired) electrons. The Bertz CT molecular complexity index is 1350. The van der Waals surface area contributed by atoms with Crippen LogP contribution in [0.15, 0.2) is 47.0 Å². The number of hydrogen-bond acceptors (Lipinski definition) is 6. The second-order valence-electron chi connectivity index (χ2n) is 8.15. The fourth-order valence-corrected chi connectivity index (χ4v) is 4.63. The van der Waals surface area contributed by atoms with E-state index in [0.29, 0.717) is 54.2 Å². The summed E-state index contributed by atoms with van der Waals surface area (Å²) >= 11 is 0. The van der Waals surface area contributed by atoms with E-state index in [0.717, 1.165) is 23.6 Å². The van der Waals surface area contributed by atoms with E-state index < -0.39 is 17.2 Å². The molecule has 1 atom stereocenters. The van der Waals surface area contributed by atoms with Crippen LogP contribution in [0, 0.1) is 18.6 Å². The van der Waals surface area contributed by atoms with Gasteiger partial charge in [-0.3, -0.25) is 0 Å². The Balaban J connectivity index is 1.61. The fourth-order valence-electron chi connectivity index (χ4n) is 4.63. The van der Waals surface area contributed by atoms with Gasteiger partial charge in [-0.05, 0) is 49.6 Å². The molecule has 0 aliphatic carbocycles. The molecule has 0 saturated heterocycles. The van der Waals surface area contributed by atoms with Crippen molar-refractivity contribution in [2.75, 3.05) is 13.7 Å². The number of methoxy groups -OCH3 is 1. The first-order valence-electron chi connectivity index (χ1n) is 11.1. The molecule has 2 aromatic heterocycles. The Hall–Kier alpha value is -3.59. The van der Waals surface area contributed by atoms with Crippen molar-refractivity contribution in [3.05, 3.63) is 71.5 Å². The summed E-state index contributed by atoms with van der Waals surface area (Å²) in [6.45, 7) is 4.69. The van der Waals surface area contributed by atoms with Crippen molar-refractivity contribution in [3.8, 4) is 28.5 Å². The van der Waals surface area contributed by atoms with Crippen LogP contribution >= 0.6 is 0 Å². The first-order valence-corrected chi connectivity index (χ1v) is 11.1. The number of ether oxygens (including phenoxy) is 2. The van der Waals surface area contributed by atoms with Gasteiger partial charge in [0.15, 0.2) is 40.5 Å². The molecule has 0 amide bonds. The van der Waals surface area contributed by atoms with Crippen LogP contribution in [0.5, 0.6) is 5.75 Å². The molecule has 0 fully saturated rings. The number of aromatic nitrogens is 4. The van der Waals surface area contributed by atoms with Crippen LogP contribution in [-0.2, 0) is 16.9 Å². The Morgan fingerprint density at radius 1 is 1.12 bits per heavy atom. The van der Waals surface area contributed by atoms with Crippen LogP contribution in [0.4, 0.5) is 8.78 Å². The molecule has 4 aromatic rings. The molecule has 5 rings (SSSR count). The molecule has 1 aliphatic heterocycles. The van der Waals surface area contributed by atoms with Crippen molar-refractivity contribution in [2.24, 2.45) is 0 Å². The van der Waals surface area contributed by atoms with E-state index in [1.807, 2.05) is 29.7 Å². The number of rotatable bonds is 6. The molecule has 7 nitrogen and oxygen atoms in total. The fraction of sp³-hybridized carbons (Fsp3) is 0.320. The summed E-state index contributed by atoms with van der Waals surface area (Å²) in [5, 5.41) is 8.94. The van der Waals surface area contributed by atoms with Gasteiger partial charge in [0.25, 0.3) is 0 Å². The van der Waals surface area contributed by atoms with Crippen LogP contribution in [0.2, 0.25) is 0 Å². The van der Waals surface area contributed by atoms with Crippen LogP contribution in [0.3, 0.4) is 0 Å². The molecule has 1 unspecified atom stereocenters. The van der Waals surface area contributed by atoms with Gasteiger partial charge in [-0.1, -0.05) is 12.1 Å². The minimum atomic E-state index is -1.02. The van der Waals surface area contributed by atoms with Gasteiger partial charge in [0, 0.05) is 25.6 Å². The van der Waals surface area contributed by atoms with E-state index in [-0.39, 0.29) is 0 Å². The SMILES string of the molecule is CCOC1(c2ccc(F)c(F)c2)CCCn2c(-c3ccc(-c4cnc(C)o4)c(OC)c3)nnc21.